The minimum atomic E-state index is 0.558. The fourth-order valence-electron chi connectivity index (χ4n) is 8.51. The zero-order chi connectivity index (χ0) is 41.2. The third-order valence-electron chi connectivity index (χ3n) is 11.4. The number of rotatable bonds is 9. The van der Waals surface area contributed by atoms with Gasteiger partial charge in [0.15, 0.2) is 11.6 Å². The number of fused-ring (bicyclic) bond motifs is 3. The summed E-state index contributed by atoms with van der Waals surface area (Å²) in [7, 11) is 0. The molecule has 0 amide bonds. The van der Waals surface area contributed by atoms with Crippen molar-refractivity contribution in [3.8, 4) is 62.1 Å². The second-order valence-corrected chi connectivity index (χ2v) is 15.3. The van der Waals surface area contributed by atoms with Crippen LogP contribution in [0.1, 0.15) is 0 Å². The van der Waals surface area contributed by atoms with Crippen LogP contribution in [-0.2, 0) is 0 Å². The van der Waals surface area contributed by atoms with Crippen molar-refractivity contribution in [3.63, 3.8) is 0 Å². The molecule has 5 heteroatoms. The number of nitrogens with zero attached hydrogens (tertiary/aromatic N) is 5. The first-order valence-corrected chi connectivity index (χ1v) is 20.9. The minimum Gasteiger partial charge on any atom is -0.310 e. The third-order valence-corrected chi connectivity index (χ3v) is 11.4. The molecule has 0 aliphatic rings. The van der Waals surface area contributed by atoms with Crippen LogP contribution in [0.2, 0.25) is 0 Å². The molecular weight excluding hydrogens is 755 g/mol. The first kappa shape index (κ1) is 36.7. The van der Waals surface area contributed by atoms with Gasteiger partial charge in [0.05, 0.1) is 11.0 Å². The maximum Gasteiger partial charge on any atom is 0.238 e. The highest BCUT2D eigenvalue weighted by molar-refractivity contribution is 6.13. The lowest BCUT2D eigenvalue weighted by Crippen LogP contribution is -2.09. The summed E-state index contributed by atoms with van der Waals surface area (Å²) < 4.78 is 2.22. The van der Waals surface area contributed by atoms with Crippen LogP contribution in [0.3, 0.4) is 0 Å². The molecular formula is C57H39N5. The molecule has 0 spiro atoms. The standard InChI is InChI=1S/C57H39N5/c1-5-18-40(19-6-1)41-34-36-42(37-35-41)50-31-17-32-52-51-30-13-14-33-53(51)62(54(50)52)57-59-55(43-20-7-2-8-21-43)58-56(60-57)46-24-15-22-44(38-46)45-23-16-29-49(39-45)61(47-25-9-3-10-26-47)48-27-11-4-12-28-48/h1-39H. The monoisotopic (exact) mass is 793 g/mol. The molecule has 0 fully saturated rings. The lowest BCUT2D eigenvalue weighted by Gasteiger charge is -2.26. The van der Waals surface area contributed by atoms with Crippen molar-refractivity contribution in [2.45, 2.75) is 0 Å². The topological polar surface area (TPSA) is 46.8 Å². The molecule has 292 valence electrons. The average molecular weight is 794 g/mol. The quantitative estimate of drug-likeness (QED) is 0.146. The molecule has 9 aromatic carbocycles. The van der Waals surface area contributed by atoms with Crippen molar-refractivity contribution in [2.24, 2.45) is 0 Å². The molecule has 11 rings (SSSR count). The Morgan fingerprint density at radius 3 is 1.47 bits per heavy atom. The van der Waals surface area contributed by atoms with Crippen LogP contribution < -0.4 is 4.90 Å². The van der Waals surface area contributed by atoms with Gasteiger partial charge in [0.2, 0.25) is 5.95 Å². The molecule has 0 bridgehead atoms. The van der Waals surface area contributed by atoms with Gasteiger partial charge in [-0.1, -0.05) is 188 Å². The van der Waals surface area contributed by atoms with Crippen LogP contribution in [-0.4, -0.2) is 19.5 Å². The van der Waals surface area contributed by atoms with Gasteiger partial charge in [-0.25, -0.2) is 4.98 Å². The van der Waals surface area contributed by atoms with E-state index in [0.717, 1.165) is 72.2 Å². The van der Waals surface area contributed by atoms with E-state index in [-0.39, 0.29) is 0 Å². The molecule has 0 unspecified atom stereocenters. The zero-order valence-corrected chi connectivity index (χ0v) is 33.8. The van der Waals surface area contributed by atoms with Crippen LogP contribution in [0, 0.1) is 0 Å². The van der Waals surface area contributed by atoms with E-state index in [0.29, 0.717) is 17.6 Å². The summed E-state index contributed by atoms with van der Waals surface area (Å²) in [6.07, 6.45) is 0. The maximum absolute atomic E-state index is 5.35. The smallest absolute Gasteiger partial charge is 0.238 e. The Balaban J connectivity index is 1.07. The number of anilines is 3. The molecule has 0 saturated heterocycles. The van der Waals surface area contributed by atoms with E-state index in [1.54, 1.807) is 0 Å². The van der Waals surface area contributed by atoms with Crippen LogP contribution in [0.15, 0.2) is 237 Å². The largest absolute Gasteiger partial charge is 0.310 e. The normalized spacial score (nSPS) is 11.2. The zero-order valence-electron chi connectivity index (χ0n) is 33.8. The van der Waals surface area contributed by atoms with E-state index in [1.165, 1.54) is 11.1 Å². The molecule has 0 saturated carbocycles. The fourth-order valence-corrected chi connectivity index (χ4v) is 8.51. The predicted octanol–water partition coefficient (Wildman–Crippen LogP) is 14.8. The van der Waals surface area contributed by atoms with Gasteiger partial charge in [0.25, 0.3) is 0 Å². The summed E-state index contributed by atoms with van der Waals surface area (Å²) in [5, 5.41) is 2.27. The minimum absolute atomic E-state index is 0.558. The Morgan fingerprint density at radius 1 is 0.306 bits per heavy atom. The maximum atomic E-state index is 5.35. The van der Waals surface area contributed by atoms with E-state index in [4.69, 9.17) is 15.0 Å². The predicted molar refractivity (Wildman–Crippen MR) is 256 cm³/mol. The summed E-state index contributed by atoms with van der Waals surface area (Å²) in [4.78, 5) is 18.1. The van der Waals surface area contributed by atoms with Gasteiger partial charge in [-0.05, 0) is 76.3 Å². The summed E-state index contributed by atoms with van der Waals surface area (Å²) in [5.74, 6) is 1.76. The van der Waals surface area contributed by atoms with Crippen LogP contribution in [0.25, 0.3) is 83.9 Å². The van der Waals surface area contributed by atoms with Crippen molar-refractivity contribution < 1.29 is 0 Å². The van der Waals surface area contributed by atoms with Gasteiger partial charge >= 0.3 is 0 Å². The average Bonchev–Trinajstić information content (AvgIpc) is 3.70. The molecule has 2 heterocycles. The first-order chi connectivity index (χ1) is 30.7. The van der Waals surface area contributed by atoms with Gasteiger partial charge < -0.3 is 4.90 Å². The van der Waals surface area contributed by atoms with E-state index in [1.807, 2.05) is 18.2 Å². The second-order valence-electron chi connectivity index (χ2n) is 15.3. The number of benzene rings is 9. The van der Waals surface area contributed by atoms with E-state index >= 15 is 0 Å². The van der Waals surface area contributed by atoms with Crippen molar-refractivity contribution >= 4 is 38.9 Å². The van der Waals surface area contributed by atoms with Crippen LogP contribution in [0.5, 0.6) is 0 Å². The number of hydrogen-bond donors (Lipinski definition) is 0. The van der Waals surface area contributed by atoms with E-state index < -0.39 is 0 Å². The van der Waals surface area contributed by atoms with Gasteiger partial charge in [-0.2, -0.15) is 9.97 Å². The molecule has 0 N–H and O–H groups in total. The van der Waals surface area contributed by atoms with Gasteiger partial charge in [0.1, 0.15) is 0 Å². The van der Waals surface area contributed by atoms with Gasteiger partial charge in [-0.3, -0.25) is 4.57 Å². The van der Waals surface area contributed by atoms with Crippen molar-refractivity contribution in [1.82, 2.24) is 19.5 Å². The van der Waals surface area contributed by atoms with Gasteiger partial charge in [-0.15, -0.1) is 0 Å². The molecule has 5 nitrogen and oxygen atoms in total. The highest BCUT2D eigenvalue weighted by Gasteiger charge is 2.21. The fraction of sp³-hybridized carbons (Fsp3) is 0. The lowest BCUT2D eigenvalue weighted by atomic mass is 9.98. The van der Waals surface area contributed by atoms with Crippen molar-refractivity contribution in [1.29, 1.82) is 0 Å². The Kier molecular flexibility index (Phi) is 9.45. The Bertz CT molecular complexity index is 3290. The first-order valence-electron chi connectivity index (χ1n) is 20.9. The van der Waals surface area contributed by atoms with E-state index in [2.05, 4.69) is 228 Å². The molecule has 0 atom stereocenters. The molecule has 2 aromatic heterocycles. The van der Waals surface area contributed by atoms with Crippen LogP contribution >= 0.6 is 0 Å². The molecule has 11 aromatic rings. The summed E-state index contributed by atoms with van der Waals surface area (Å²) in [6, 6.07) is 82.8. The number of aromatic nitrogens is 4. The molecule has 62 heavy (non-hydrogen) atoms. The highest BCUT2D eigenvalue weighted by atomic mass is 15.2. The Labute approximate surface area is 360 Å². The molecule has 0 aliphatic carbocycles. The summed E-state index contributed by atoms with van der Waals surface area (Å²) in [6.45, 7) is 0. The summed E-state index contributed by atoms with van der Waals surface area (Å²) in [5.41, 5.74) is 13.9. The Hall–Kier alpha value is -8.41. The molecule has 0 radical (unpaired) electrons. The SMILES string of the molecule is c1ccc(-c2ccc(-c3cccc4c5ccccc5n(-c5nc(-c6ccccc6)nc(-c6cccc(-c7cccc(N(c8ccccc8)c8ccccc8)c7)c6)n5)c34)cc2)cc1. The highest BCUT2D eigenvalue weighted by Crippen LogP contribution is 2.40. The second kappa shape index (κ2) is 16.0. The third kappa shape index (κ3) is 6.87. The van der Waals surface area contributed by atoms with Crippen molar-refractivity contribution in [2.75, 3.05) is 4.90 Å². The summed E-state index contributed by atoms with van der Waals surface area (Å²) >= 11 is 0. The van der Waals surface area contributed by atoms with E-state index in [9.17, 15) is 0 Å². The number of hydrogen-bond acceptors (Lipinski definition) is 4. The lowest BCUT2D eigenvalue weighted by molar-refractivity contribution is 0.954. The Morgan fingerprint density at radius 2 is 0.774 bits per heavy atom. The van der Waals surface area contributed by atoms with Crippen molar-refractivity contribution in [3.05, 3.63) is 237 Å². The molecule has 0 aliphatic heterocycles. The number of para-hydroxylation sites is 4. The van der Waals surface area contributed by atoms with Gasteiger partial charge in [0, 0.05) is 44.5 Å². The van der Waals surface area contributed by atoms with Crippen LogP contribution in [0.4, 0.5) is 17.1 Å².